The van der Waals surface area contributed by atoms with Gasteiger partial charge in [0.1, 0.15) is 6.10 Å². The molecule has 2 N–H and O–H groups in total. The molecule has 5 rings (SSSR count). The fraction of sp³-hybridized carbons (Fsp3) is 0.524. The summed E-state index contributed by atoms with van der Waals surface area (Å²) >= 11 is 0. The molecule has 0 bridgehead atoms. The summed E-state index contributed by atoms with van der Waals surface area (Å²) in [5, 5.41) is 20.7. The Bertz CT molecular complexity index is 1820. The van der Waals surface area contributed by atoms with Crippen LogP contribution in [0.4, 0.5) is 10.5 Å². The SMILES string of the molecule is CCCC[C@@]1(CC)C[C@H](c2cccc(CC(=O)N(C)[C@@H]3C[C@H](COC(=O)O)C[C@H](OCc4ccccc4)[C@H]3O)c2)c2cc(N(C)C)ccc2S(=O)(=O)C1. The quantitative estimate of drug-likeness (QED) is 0.166. The van der Waals surface area contributed by atoms with Crippen molar-refractivity contribution in [3.05, 3.63) is 95.1 Å². The second-order valence-corrected chi connectivity index (χ2v) is 17.3. The van der Waals surface area contributed by atoms with Gasteiger partial charge in [0, 0.05) is 32.7 Å². The zero-order valence-electron chi connectivity index (χ0n) is 31.7. The number of amides is 1. The summed E-state index contributed by atoms with van der Waals surface area (Å²) in [5.74, 6) is -0.520. The molecule has 2 aliphatic rings. The molecule has 1 aliphatic heterocycles. The van der Waals surface area contributed by atoms with Gasteiger partial charge < -0.3 is 29.5 Å². The highest BCUT2D eigenvalue weighted by atomic mass is 32.2. The predicted octanol–water partition coefficient (Wildman–Crippen LogP) is 7.07. The second kappa shape index (κ2) is 17.5. The lowest BCUT2D eigenvalue weighted by molar-refractivity contribution is -0.146. The van der Waals surface area contributed by atoms with E-state index in [2.05, 4.69) is 13.8 Å². The van der Waals surface area contributed by atoms with Crippen molar-refractivity contribution in [1.82, 2.24) is 4.90 Å². The number of hydrogen-bond acceptors (Lipinski definition) is 8. The number of rotatable bonds is 14. The fourth-order valence-electron chi connectivity index (χ4n) is 8.25. The number of carbonyl (C=O) groups is 2. The van der Waals surface area contributed by atoms with E-state index in [1.54, 1.807) is 18.0 Å². The Morgan fingerprint density at radius 2 is 1.68 bits per heavy atom. The number of sulfone groups is 1. The number of aliphatic hydroxyl groups is 1. The molecule has 0 aromatic heterocycles. The monoisotopic (exact) mass is 748 g/mol. The molecule has 0 unspecified atom stereocenters. The number of carbonyl (C=O) groups excluding carboxylic acids is 1. The van der Waals surface area contributed by atoms with Gasteiger partial charge in [-0.2, -0.15) is 0 Å². The van der Waals surface area contributed by atoms with Crippen LogP contribution in [-0.2, 0) is 37.1 Å². The van der Waals surface area contributed by atoms with E-state index in [1.165, 1.54) is 0 Å². The van der Waals surface area contributed by atoms with E-state index >= 15 is 0 Å². The van der Waals surface area contributed by atoms with E-state index in [4.69, 9.17) is 9.47 Å². The van der Waals surface area contributed by atoms with Gasteiger partial charge in [0.05, 0.1) is 42.4 Å². The standard InChI is InChI=1S/C42H56N2O8S/c1-6-8-19-42(7-2)25-35(34-24-33(43(3)4)17-18-38(34)53(49,50)28-42)32-16-12-15-30(20-32)23-39(45)44(5)36-21-31(27-52-41(47)48)22-37(40(36)46)51-26-29-13-10-9-11-14-29/h9-18,20,24,31,35-37,40,46H,6-8,19,21-23,25-28H2,1-5H3,(H,47,48)/t31-,35+,36+,37-,40-,42-/m0/s1. The number of anilines is 1. The van der Waals surface area contributed by atoms with Gasteiger partial charge in [-0.15, -0.1) is 0 Å². The first-order valence-electron chi connectivity index (χ1n) is 18.8. The number of carboxylic acid groups (broad SMARTS) is 1. The third kappa shape index (κ3) is 9.79. The highest BCUT2D eigenvalue weighted by molar-refractivity contribution is 7.91. The Labute approximate surface area is 315 Å². The fourth-order valence-corrected chi connectivity index (χ4v) is 10.5. The molecule has 10 nitrogen and oxygen atoms in total. The maximum Gasteiger partial charge on any atom is 0.505 e. The Hall–Kier alpha value is -3.93. The average molecular weight is 749 g/mol. The van der Waals surface area contributed by atoms with E-state index in [0.29, 0.717) is 24.2 Å². The lowest BCUT2D eigenvalue weighted by atomic mass is 9.71. The van der Waals surface area contributed by atoms with E-state index in [0.717, 1.165) is 53.6 Å². The maximum atomic E-state index is 14.1. The Balaban J connectivity index is 1.42. The van der Waals surface area contributed by atoms with Gasteiger partial charge in [-0.1, -0.05) is 81.3 Å². The summed E-state index contributed by atoms with van der Waals surface area (Å²) in [7, 11) is 2.01. The minimum atomic E-state index is -3.56. The largest absolute Gasteiger partial charge is 0.505 e. The Morgan fingerprint density at radius 1 is 0.943 bits per heavy atom. The van der Waals surface area contributed by atoms with Crippen molar-refractivity contribution in [2.24, 2.45) is 11.3 Å². The van der Waals surface area contributed by atoms with E-state index in [1.807, 2.05) is 85.7 Å². The topological polar surface area (TPSA) is 134 Å². The van der Waals surface area contributed by atoms with Gasteiger partial charge in [0.25, 0.3) is 0 Å². The Kier molecular flexibility index (Phi) is 13.3. The van der Waals surface area contributed by atoms with Crippen LogP contribution in [0.25, 0.3) is 0 Å². The molecular formula is C42H56N2O8S. The number of aliphatic hydroxyl groups excluding tert-OH is 1. The van der Waals surface area contributed by atoms with Gasteiger partial charge >= 0.3 is 6.16 Å². The second-order valence-electron chi connectivity index (χ2n) is 15.3. The zero-order chi connectivity index (χ0) is 38.3. The molecule has 0 saturated heterocycles. The van der Waals surface area contributed by atoms with Gasteiger partial charge in [0.15, 0.2) is 9.84 Å². The molecule has 1 amide bonds. The summed E-state index contributed by atoms with van der Waals surface area (Å²) in [4.78, 5) is 29.2. The third-order valence-electron chi connectivity index (χ3n) is 11.4. The third-order valence-corrected chi connectivity index (χ3v) is 13.5. The molecule has 11 heteroatoms. The Morgan fingerprint density at radius 3 is 2.36 bits per heavy atom. The number of ether oxygens (including phenoxy) is 2. The summed E-state index contributed by atoms with van der Waals surface area (Å²) < 4.78 is 39.2. The average Bonchev–Trinajstić information content (AvgIpc) is 3.24. The summed E-state index contributed by atoms with van der Waals surface area (Å²) in [6.07, 6.45) is 2.04. The number of nitrogens with zero attached hydrogens (tertiary/aromatic N) is 2. The first kappa shape index (κ1) is 40.3. The van der Waals surface area contributed by atoms with Gasteiger partial charge in [-0.3, -0.25) is 4.79 Å². The molecule has 0 radical (unpaired) electrons. The number of benzene rings is 3. The van der Waals surface area contributed by atoms with Crippen LogP contribution in [0.1, 0.15) is 87.0 Å². The van der Waals surface area contributed by atoms with E-state index < -0.39 is 34.2 Å². The van der Waals surface area contributed by atoms with Crippen LogP contribution >= 0.6 is 0 Å². The predicted molar refractivity (Wildman–Crippen MR) is 206 cm³/mol. The molecule has 1 fully saturated rings. The van der Waals surface area contributed by atoms with Crippen LogP contribution in [0.5, 0.6) is 0 Å². The van der Waals surface area contributed by atoms with E-state index in [-0.39, 0.29) is 48.5 Å². The van der Waals surface area contributed by atoms with E-state index in [9.17, 15) is 28.2 Å². The molecular weight excluding hydrogens is 693 g/mol. The number of hydrogen-bond donors (Lipinski definition) is 2. The maximum absolute atomic E-state index is 14.1. The van der Waals surface area contributed by atoms with Crippen molar-refractivity contribution < 1.29 is 37.7 Å². The molecule has 1 aliphatic carbocycles. The number of likely N-dealkylation sites (N-methyl/N-ethyl adjacent to an activating group) is 1. The van der Waals surface area contributed by atoms with Crippen molar-refractivity contribution in [3.8, 4) is 0 Å². The van der Waals surface area contributed by atoms with Crippen molar-refractivity contribution in [2.75, 3.05) is 38.4 Å². The van der Waals surface area contributed by atoms with Crippen LogP contribution in [-0.4, -0.2) is 87.3 Å². The van der Waals surface area contributed by atoms with Crippen LogP contribution in [0.3, 0.4) is 0 Å². The highest BCUT2D eigenvalue weighted by Crippen LogP contribution is 2.49. The van der Waals surface area contributed by atoms with Gasteiger partial charge in [-0.05, 0) is 83.9 Å². The number of unbranched alkanes of at least 4 members (excludes halogenated alkanes) is 1. The van der Waals surface area contributed by atoms with Gasteiger partial charge in [-0.25, -0.2) is 13.2 Å². The normalized spacial score (nSPS) is 25.1. The lowest BCUT2D eigenvalue weighted by Gasteiger charge is -2.42. The van der Waals surface area contributed by atoms with Crippen LogP contribution in [0.2, 0.25) is 0 Å². The number of fused-ring (bicyclic) bond motifs is 1. The van der Waals surface area contributed by atoms with Crippen molar-refractivity contribution in [3.63, 3.8) is 0 Å². The van der Waals surface area contributed by atoms with Crippen LogP contribution in [0.15, 0.2) is 77.7 Å². The molecule has 0 spiro atoms. The van der Waals surface area contributed by atoms with Crippen molar-refractivity contribution >= 4 is 27.6 Å². The van der Waals surface area contributed by atoms with Crippen molar-refractivity contribution in [2.45, 2.75) is 101 Å². The summed E-state index contributed by atoms with van der Waals surface area (Å²) in [6.45, 7) is 4.45. The summed E-state index contributed by atoms with van der Waals surface area (Å²) in [6, 6.07) is 22.6. The first-order chi connectivity index (χ1) is 25.3. The van der Waals surface area contributed by atoms with Crippen LogP contribution < -0.4 is 4.90 Å². The molecule has 6 atom stereocenters. The highest BCUT2D eigenvalue weighted by Gasteiger charge is 2.43. The minimum absolute atomic E-state index is 0.0561. The van der Waals surface area contributed by atoms with Crippen molar-refractivity contribution in [1.29, 1.82) is 0 Å². The first-order valence-corrected chi connectivity index (χ1v) is 20.5. The minimum Gasteiger partial charge on any atom is -0.450 e. The summed E-state index contributed by atoms with van der Waals surface area (Å²) in [5.41, 5.74) is 4.04. The lowest BCUT2D eigenvalue weighted by Crippen LogP contribution is -2.55. The zero-order valence-corrected chi connectivity index (χ0v) is 32.6. The molecule has 3 aromatic carbocycles. The molecule has 1 saturated carbocycles. The van der Waals surface area contributed by atoms with Gasteiger partial charge in [0.2, 0.25) is 5.91 Å². The van der Waals surface area contributed by atoms with Crippen LogP contribution in [0, 0.1) is 11.3 Å². The molecule has 53 heavy (non-hydrogen) atoms. The molecule has 288 valence electrons. The molecule has 1 heterocycles. The smallest absolute Gasteiger partial charge is 0.450 e. The molecule has 3 aromatic rings.